The van der Waals surface area contributed by atoms with E-state index in [4.69, 9.17) is 10.5 Å². The van der Waals surface area contributed by atoms with Gasteiger partial charge in [-0.25, -0.2) is 0 Å². The van der Waals surface area contributed by atoms with Crippen molar-refractivity contribution in [2.75, 3.05) is 39.8 Å². The van der Waals surface area contributed by atoms with Gasteiger partial charge < -0.3 is 10.5 Å². The molecule has 4 heteroatoms. The van der Waals surface area contributed by atoms with Crippen molar-refractivity contribution in [3.05, 3.63) is 0 Å². The maximum absolute atomic E-state index is 6.20. The monoisotopic (exact) mass is 269 g/mol. The molecule has 2 N–H and O–H groups in total. The van der Waals surface area contributed by atoms with Crippen LogP contribution in [0, 0.1) is 0 Å². The fourth-order valence-electron chi connectivity index (χ4n) is 3.51. The second-order valence-corrected chi connectivity index (χ2v) is 6.94. The Morgan fingerprint density at radius 3 is 2.63 bits per heavy atom. The molecular weight excluding hydrogens is 238 g/mol. The molecule has 2 rings (SSSR count). The Morgan fingerprint density at radius 2 is 2.05 bits per heavy atom. The molecule has 0 bridgehead atoms. The van der Waals surface area contributed by atoms with E-state index >= 15 is 0 Å². The molecule has 0 aromatic rings. The molecule has 19 heavy (non-hydrogen) atoms. The highest BCUT2D eigenvalue weighted by molar-refractivity contribution is 5.01. The molecule has 0 aliphatic carbocycles. The predicted molar refractivity (Wildman–Crippen MR) is 79.3 cm³/mol. The summed E-state index contributed by atoms with van der Waals surface area (Å²) in [5, 5.41) is 0. The van der Waals surface area contributed by atoms with Gasteiger partial charge >= 0.3 is 0 Å². The summed E-state index contributed by atoms with van der Waals surface area (Å²) in [4.78, 5) is 5.11. The number of piperazine rings is 1. The van der Waals surface area contributed by atoms with Crippen molar-refractivity contribution in [1.29, 1.82) is 0 Å². The van der Waals surface area contributed by atoms with Crippen molar-refractivity contribution in [3.63, 3.8) is 0 Å². The van der Waals surface area contributed by atoms with Crippen molar-refractivity contribution in [3.8, 4) is 0 Å². The zero-order chi connectivity index (χ0) is 14.1. The summed E-state index contributed by atoms with van der Waals surface area (Å²) in [6.45, 7) is 11.9. The molecule has 0 aromatic carbocycles. The van der Waals surface area contributed by atoms with Gasteiger partial charge in [0.1, 0.15) is 0 Å². The number of likely N-dealkylation sites (N-methyl/N-ethyl adjacent to an activating group) is 1. The normalized spacial score (nSPS) is 37.4. The van der Waals surface area contributed by atoms with E-state index in [0.29, 0.717) is 6.10 Å². The first-order chi connectivity index (χ1) is 8.93. The van der Waals surface area contributed by atoms with E-state index in [1.54, 1.807) is 0 Å². The average Bonchev–Trinajstić information content (AvgIpc) is 2.41. The van der Waals surface area contributed by atoms with E-state index < -0.39 is 0 Å². The third-order valence-electron chi connectivity index (χ3n) is 5.35. The quantitative estimate of drug-likeness (QED) is 0.838. The Balaban J connectivity index is 2.13. The van der Waals surface area contributed by atoms with Crippen molar-refractivity contribution >= 4 is 0 Å². The van der Waals surface area contributed by atoms with Crippen molar-refractivity contribution in [2.45, 2.75) is 57.2 Å². The van der Waals surface area contributed by atoms with Crippen LogP contribution in [-0.2, 0) is 4.74 Å². The van der Waals surface area contributed by atoms with Gasteiger partial charge in [-0.2, -0.15) is 0 Å². The van der Waals surface area contributed by atoms with Gasteiger partial charge in [-0.05, 0) is 40.2 Å². The molecule has 0 saturated carbocycles. The maximum atomic E-state index is 6.20. The van der Waals surface area contributed by atoms with Crippen LogP contribution in [0.1, 0.15) is 40.0 Å². The zero-order valence-corrected chi connectivity index (χ0v) is 13.1. The van der Waals surface area contributed by atoms with Crippen LogP contribution < -0.4 is 5.73 Å². The number of hydrogen-bond acceptors (Lipinski definition) is 4. The summed E-state index contributed by atoms with van der Waals surface area (Å²) >= 11 is 0. The first-order valence-electron chi connectivity index (χ1n) is 7.71. The highest BCUT2D eigenvalue weighted by Gasteiger charge is 2.44. The molecule has 112 valence electrons. The Bertz CT molecular complexity index is 308. The number of nitrogens with two attached hydrogens (primary N) is 1. The lowest BCUT2D eigenvalue weighted by molar-refractivity contribution is -0.0991. The van der Waals surface area contributed by atoms with E-state index in [1.165, 1.54) is 0 Å². The van der Waals surface area contributed by atoms with Gasteiger partial charge in [0.2, 0.25) is 0 Å². The molecule has 2 aliphatic rings. The summed E-state index contributed by atoms with van der Waals surface area (Å²) in [6, 6.07) is 0. The van der Waals surface area contributed by atoms with E-state index in [2.05, 4.69) is 37.6 Å². The summed E-state index contributed by atoms with van der Waals surface area (Å²) in [5.41, 5.74) is 6.60. The van der Waals surface area contributed by atoms with E-state index in [1.807, 2.05) is 0 Å². The van der Waals surface area contributed by atoms with Crippen molar-refractivity contribution in [2.24, 2.45) is 5.73 Å². The zero-order valence-electron chi connectivity index (χ0n) is 13.1. The van der Waals surface area contributed by atoms with E-state index in [9.17, 15) is 0 Å². The second-order valence-electron chi connectivity index (χ2n) is 6.94. The minimum atomic E-state index is 0.164. The van der Waals surface area contributed by atoms with Crippen LogP contribution >= 0.6 is 0 Å². The predicted octanol–water partition coefficient (Wildman–Crippen LogP) is 1.30. The average molecular weight is 269 g/mol. The molecule has 2 unspecified atom stereocenters. The highest BCUT2D eigenvalue weighted by atomic mass is 16.5. The molecule has 0 amide bonds. The lowest BCUT2D eigenvalue weighted by atomic mass is 9.82. The number of hydrogen-bond donors (Lipinski definition) is 1. The Hall–Kier alpha value is -0.160. The molecule has 0 spiro atoms. The fourth-order valence-corrected chi connectivity index (χ4v) is 3.51. The first-order valence-corrected chi connectivity index (χ1v) is 7.71. The molecule has 2 aliphatic heterocycles. The van der Waals surface area contributed by atoms with Gasteiger partial charge in [-0.15, -0.1) is 0 Å². The SMILES string of the molecule is CCC1CC(CN)(N2CCN(C)C(C)(C)C2)CCO1. The third-order valence-corrected chi connectivity index (χ3v) is 5.35. The van der Waals surface area contributed by atoms with Crippen LogP contribution in [0.25, 0.3) is 0 Å². The standard InChI is InChI=1S/C15H31N3O/c1-5-13-10-15(11-16,6-9-19-13)18-8-7-17(4)14(2,3)12-18/h13H,5-12,16H2,1-4H3. The van der Waals surface area contributed by atoms with Gasteiger partial charge in [0.25, 0.3) is 0 Å². The lowest BCUT2D eigenvalue weighted by Crippen LogP contribution is -2.67. The Kier molecular flexibility index (Phi) is 4.56. The molecule has 0 aromatic heterocycles. The minimum Gasteiger partial charge on any atom is -0.378 e. The van der Waals surface area contributed by atoms with Crippen LogP contribution in [0.15, 0.2) is 0 Å². The van der Waals surface area contributed by atoms with Crippen molar-refractivity contribution < 1.29 is 4.74 Å². The largest absolute Gasteiger partial charge is 0.378 e. The molecule has 2 saturated heterocycles. The third kappa shape index (κ3) is 2.97. The minimum absolute atomic E-state index is 0.164. The smallest absolute Gasteiger partial charge is 0.0590 e. The first kappa shape index (κ1) is 15.2. The molecular formula is C15H31N3O. The van der Waals surface area contributed by atoms with Gasteiger partial charge in [0, 0.05) is 43.9 Å². The van der Waals surface area contributed by atoms with E-state index in [0.717, 1.165) is 52.0 Å². The summed E-state index contributed by atoms with van der Waals surface area (Å²) in [6.07, 6.45) is 3.67. The van der Waals surface area contributed by atoms with Gasteiger partial charge in [0.05, 0.1) is 6.10 Å². The van der Waals surface area contributed by atoms with E-state index in [-0.39, 0.29) is 11.1 Å². The number of rotatable bonds is 3. The highest BCUT2D eigenvalue weighted by Crippen LogP contribution is 2.34. The Morgan fingerprint density at radius 1 is 1.32 bits per heavy atom. The molecule has 2 atom stereocenters. The van der Waals surface area contributed by atoms with Crippen molar-refractivity contribution in [1.82, 2.24) is 9.80 Å². The number of nitrogens with zero attached hydrogens (tertiary/aromatic N) is 2. The Labute approximate surface area is 118 Å². The van der Waals surface area contributed by atoms with Crippen LogP contribution in [0.5, 0.6) is 0 Å². The molecule has 0 radical (unpaired) electrons. The molecule has 2 heterocycles. The van der Waals surface area contributed by atoms with Crippen LogP contribution in [0.3, 0.4) is 0 Å². The molecule has 4 nitrogen and oxygen atoms in total. The van der Waals surface area contributed by atoms with Crippen LogP contribution in [0.4, 0.5) is 0 Å². The topological polar surface area (TPSA) is 41.7 Å². The van der Waals surface area contributed by atoms with Crippen LogP contribution in [-0.4, -0.2) is 66.8 Å². The summed E-state index contributed by atoms with van der Waals surface area (Å²) in [5.74, 6) is 0. The fraction of sp³-hybridized carbons (Fsp3) is 1.00. The van der Waals surface area contributed by atoms with Crippen LogP contribution in [0.2, 0.25) is 0 Å². The summed E-state index contributed by atoms with van der Waals surface area (Å²) in [7, 11) is 2.23. The summed E-state index contributed by atoms with van der Waals surface area (Å²) < 4.78 is 5.86. The lowest BCUT2D eigenvalue weighted by Gasteiger charge is -2.55. The second kappa shape index (κ2) is 5.68. The van der Waals surface area contributed by atoms with Gasteiger partial charge in [0.15, 0.2) is 0 Å². The van der Waals surface area contributed by atoms with Gasteiger partial charge in [-0.1, -0.05) is 6.92 Å². The maximum Gasteiger partial charge on any atom is 0.0590 e. The molecule has 2 fully saturated rings. The number of ether oxygens (including phenoxy) is 1. The van der Waals surface area contributed by atoms with Gasteiger partial charge in [-0.3, -0.25) is 9.80 Å².